The zero-order valence-corrected chi connectivity index (χ0v) is 11.4. The van der Waals surface area contributed by atoms with E-state index in [0.717, 1.165) is 25.1 Å². The molecule has 1 aliphatic rings. The third-order valence-electron chi connectivity index (χ3n) is 4.54. The van der Waals surface area contributed by atoms with Gasteiger partial charge in [0.15, 0.2) is 0 Å². The maximum absolute atomic E-state index is 13.7. The fraction of sp³-hybridized carbons (Fsp3) is 0.467. The van der Waals surface area contributed by atoms with Crippen LogP contribution in [0, 0.1) is 5.82 Å². The number of imidazole rings is 1. The SMILES string of the molecule is CCC1(c2nc3cc(C(=O)O)c(F)cc3[nH]2)CCCC1. The second-order valence-electron chi connectivity index (χ2n) is 5.58. The topological polar surface area (TPSA) is 66.0 Å². The number of aromatic nitrogens is 2. The Morgan fingerprint density at radius 3 is 2.75 bits per heavy atom. The van der Waals surface area contributed by atoms with Gasteiger partial charge in [0.1, 0.15) is 11.6 Å². The predicted molar refractivity (Wildman–Crippen MR) is 73.4 cm³/mol. The quantitative estimate of drug-likeness (QED) is 0.899. The number of nitrogens with one attached hydrogen (secondary N) is 1. The number of rotatable bonds is 3. The van der Waals surface area contributed by atoms with E-state index in [4.69, 9.17) is 5.11 Å². The minimum Gasteiger partial charge on any atom is -0.478 e. The van der Waals surface area contributed by atoms with E-state index < -0.39 is 11.8 Å². The lowest BCUT2D eigenvalue weighted by atomic mass is 9.83. The second-order valence-corrected chi connectivity index (χ2v) is 5.58. The van der Waals surface area contributed by atoms with Gasteiger partial charge in [0.05, 0.1) is 16.6 Å². The number of halogens is 1. The van der Waals surface area contributed by atoms with Gasteiger partial charge in [-0.15, -0.1) is 0 Å². The first-order valence-corrected chi connectivity index (χ1v) is 6.99. The van der Waals surface area contributed by atoms with E-state index in [-0.39, 0.29) is 11.0 Å². The summed E-state index contributed by atoms with van der Waals surface area (Å²) in [7, 11) is 0. The zero-order valence-electron chi connectivity index (χ0n) is 11.4. The fourth-order valence-electron chi connectivity index (χ4n) is 3.26. The maximum atomic E-state index is 13.7. The third-order valence-corrected chi connectivity index (χ3v) is 4.54. The number of aromatic carboxylic acids is 1. The van der Waals surface area contributed by atoms with E-state index in [9.17, 15) is 9.18 Å². The van der Waals surface area contributed by atoms with Crippen LogP contribution in [0.1, 0.15) is 55.2 Å². The highest BCUT2D eigenvalue weighted by atomic mass is 19.1. The molecule has 1 fully saturated rings. The molecule has 1 aliphatic carbocycles. The summed E-state index contributed by atoms with van der Waals surface area (Å²) >= 11 is 0. The average Bonchev–Trinajstić information content (AvgIpc) is 3.03. The van der Waals surface area contributed by atoms with Crippen LogP contribution in [0.3, 0.4) is 0 Å². The van der Waals surface area contributed by atoms with Gasteiger partial charge in [0, 0.05) is 11.5 Å². The molecule has 5 heteroatoms. The van der Waals surface area contributed by atoms with Gasteiger partial charge in [0.25, 0.3) is 0 Å². The molecule has 0 atom stereocenters. The van der Waals surface area contributed by atoms with Crippen molar-refractivity contribution in [2.24, 2.45) is 0 Å². The molecule has 1 saturated carbocycles. The van der Waals surface area contributed by atoms with Crippen molar-refractivity contribution in [2.45, 2.75) is 44.4 Å². The highest BCUT2D eigenvalue weighted by molar-refractivity contribution is 5.92. The first-order chi connectivity index (χ1) is 9.55. The highest BCUT2D eigenvalue weighted by Crippen LogP contribution is 2.42. The van der Waals surface area contributed by atoms with E-state index in [2.05, 4.69) is 16.9 Å². The monoisotopic (exact) mass is 276 g/mol. The lowest BCUT2D eigenvalue weighted by Crippen LogP contribution is -2.22. The first-order valence-electron chi connectivity index (χ1n) is 6.99. The minimum absolute atomic E-state index is 0.0406. The van der Waals surface area contributed by atoms with Crippen LogP contribution in [0.4, 0.5) is 4.39 Å². The van der Waals surface area contributed by atoms with Crippen molar-refractivity contribution in [1.29, 1.82) is 0 Å². The zero-order chi connectivity index (χ0) is 14.3. The molecule has 106 valence electrons. The van der Waals surface area contributed by atoms with Crippen molar-refractivity contribution < 1.29 is 14.3 Å². The van der Waals surface area contributed by atoms with Crippen molar-refractivity contribution in [2.75, 3.05) is 0 Å². The number of nitrogens with zero attached hydrogens (tertiary/aromatic N) is 1. The number of carbonyl (C=O) groups is 1. The van der Waals surface area contributed by atoms with E-state index in [1.54, 1.807) is 0 Å². The molecular formula is C15H17FN2O2. The molecule has 0 bridgehead atoms. The number of benzene rings is 1. The van der Waals surface area contributed by atoms with Gasteiger partial charge >= 0.3 is 5.97 Å². The van der Waals surface area contributed by atoms with Gasteiger partial charge < -0.3 is 10.1 Å². The second kappa shape index (κ2) is 4.58. The van der Waals surface area contributed by atoms with E-state index >= 15 is 0 Å². The van der Waals surface area contributed by atoms with E-state index in [1.165, 1.54) is 25.0 Å². The van der Waals surface area contributed by atoms with Gasteiger partial charge in [-0.05, 0) is 25.3 Å². The smallest absolute Gasteiger partial charge is 0.338 e. The van der Waals surface area contributed by atoms with Crippen LogP contribution in [0.5, 0.6) is 0 Å². The van der Waals surface area contributed by atoms with Crippen LogP contribution in [-0.4, -0.2) is 21.0 Å². The summed E-state index contributed by atoms with van der Waals surface area (Å²) in [5.41, 5.74) is 0.812. The van der Waals surface area contributed by atoms with Crippen LogP contribution in [-0.2, 0) is 5.41 Å². The molecule has 2 aromatic rings. The molecule has 1 aromatic heterocycles. The largest absolute Gasteiger partial charge is 0.478 e. The normalized spacial score (nSPS) is 17.7. The lowest BCUT2D eigenvalue weighted by Gasteiger charge is -2.24. The molecule has 20 heavy (non-hydrogen) atoms. The van der Waals surface area contributed by atoms with Crippen molar-refractivity contribution in [1.82, 2.24) is 9.97 Å². The molecule has 0 radical (unpaired) electrons. The Labute approximate surface area is 116 Å². The standard InChI is InChI=1S/C15H17FN2O2/c1-2-15(5-3-4-6-15)14-17-11-7-9(13(19)20)10(16)8-12(11)18-14/h7-8H,2-6H2,1H3,(H,17,18)(H,19,20). The van der Waals surface area contributed by atoms with Gasteiger partial charge in [-0.25, -0.2) is 14.2 Å². The average molecular weight is 276 g/mol. The molecule has 3 rings (SSSR count). The number of carboxylic acids is 1. The summed E-state index contributed by atoms with van der Waals surface area (Å²) in [4.78, 5) is 18.7. The minimum atomic E-state index is -1.26. The summed E-state index contributed by atoms with van der Waals surface area (Å²) in [6.07, 6.45) is 5.51. The Balaban J connectivity index is 2.13. The number of hydrogen-bond acceptors (Lipinski definition) is 2. The third kappa shape index (κ3) is 1.88. The van der Waals surface area contributed by atoms with Gasteiger partial charge in [-0.3, -0.25) is 0 Å². The fourth-order valence-corrected chi connectivity index (χ4v) is 3.26. The summed E-state index contributed by atoms with van der Waals surface area (Å²) in [6, 6.07) is 2.54. The Kier molecular flexibility index (Phi) is 3.00. The number of fused-ring (bicyclic) bond motifs is 1. The van der Waals surface area contributed by atoms with E-state index in [1.807, 2.05) is 0 Å². The summed E-state index contributed by atoms with van der Waals surface area (Å²) in [6.45, 7) is 2.14. The van der Waals surface area contributed by atoms with Crippen molar-refractivity contribution in [3.63, 3.8) is 0 Å². The van der Waals surface area contributed by atoms with Crippen LogP contribution < -0.4 is 0 Å². The molecule has 0 aliphatic heterocycles. The van der Waals surface area contributed by atoms with E-state index in [0.29, 0.717) is 11.0 Å². The van der Waals surface area contributed by atoms with Gasteiger partial charge in [-0.2, -0.15) is 0 Å². The number of carboxylic acid groups (broad SMARTS) is 1. The first kappa shape index (κ1) is 13.1. The molecule has 0 saturated heterocycles. The van der Waals surface area contributed by atoms with Crippen LogP contribution in [0.25, 0.3) is 11.0 Å². The summed E-state index contributed by atoms with van der Waals surface area (Å²) < 4.78 is 13.7. The Bertz CT molecular complexity index is 672. The molecule has 1 aromatic carbocycles. The molecule has 1 heterocycles. The molecule has 0 unspecified atom stereocenters. The predicted octanol–water partition coefficient (Wildman–Crippen LogP) is 3.62. The molecule has 0 amide bonds. The number of aromatic amines is 1. The van der Waals surface area contributed by atoms with Gasteiger partial charge in [0.2, 0.25) is 0 Å². The highest BCUT2D eigenvalue weighted by Gasteiger charge is 2.36. The molecule has 4 nitrogen and oxygen atoms in total. The van der Waals surface area contributed by atoms with Crippen molar-refractivity contribution >= 4 is 17.0 Å². The number of H-pyrrole nitrogens is 1. The number of hydrogen-bond donors (Lipinski definition) is 2. The molecular weight excluding hydrogens is 259 g/mol. The lowest BCUT2D eigenvalue weighted by molar-refractivity contribution is 0.0692. The Morgan fingerprint density at radius 2 is 2.15 bits per heavy atom. The summed E-state index contributed by atoms with van der Waals surface area (Å²) in [5.74, 6) is -1.12. The Hall–Kier alpha value is -1.91. The molecule has 0 spiro atoms. The van der Waals surface area contributed by atoms with Crippen molar-refractivity contribution in [3.8, 4) is 0 Å². The maximum Gasteiger partial charge on any atom is 0.338 e. The van der Waals surface area contributed by atoms with Gasteiger partial charge in [-0.1, -0.05) is 19.8 Å². The summed E-state index contributed by atoms with van der Waals surface area (Å²) in [5, 5.41) is 8.96. The molecule has 2 N–H and O–H groups in total. The van der Waals surface area contributed by atoms with Crippen LogP contribution in [0.2, 0.25) is 0 Å². The Morgan fingerprint density at radius 1 is 1.45 bits per heavy atom. The van der Waals surface area contributed by atoms with Crippen LogP contribution in [0.15, 0.2) is 12.1 Å². The van der Waals surface area contributed by atoms with Crippen LogP contribution >= 0.6 is 0 Å². The van der Waals surface area contributed by atoms with Crippen molar-refractivity contribution in [3.05, 3.63) is 29.3 Å².